The average Bonchev–Trinajstić information content (AvgIpc) is 3.50. The number of rotatable bonds is 10. The number of benzene rings is 1. The van der Waals surface area contributed by atoms with Crippen LogP contribution in [-0.2, 0) is 13.5 Å². The standard InChI is InChI=1S/C24H26N4O4/c1-28-19-14-21(31-2)17(13-16(19)9-10-23(28)30)18-15-26-22(27-18)8-6-4-3-5-7-20(29)24-25-11-12-32-24/h9-15H,3-8H2,1-2H3,(H,26,27). The van der Waals surface area contributed by atoms with Gasteiger partial charge in [0.15, 0.2) is 0 Å². The predicted octanol–water partition coefficient (Wildman–Crippen LogP) is 4.30. The van der Waals surface area contributed by atoms with Crippen LogP contribution in [0.4, 0.5) is 0 Å². The molecule has 0 amide bonds. The third-order valence-corrected chi connectivity index (χ3v) is 5.60. The van der Waals surface area contributed by atoms with Gasteiger partial charge in [0.25, 0.3) is 11.4 Å². The molecule has 0 spiro atoms. The Kier molecular flexibility index (Phi) is 6.49. The lowest BCUT2D eigenvalue weighted by molar-refractivity contribution is 0.0945. The highest BCUT2D eigenvalue weighted by molar-refractivity contribution is 5.91. The smallest absolute Gasteiger partial charge is 0.263 e. The maximum atomic E-state index is 11.9. The number of carbonyl (C=O) groups excluding carboxylic acids is 1. The van der Waals surface area contributed by atoms with Crippen molar-refractivity contribution in [2.75, 3.05) is 7.11 Å². The van der Waals surface area contributed by atoms with Crippen LogP contribution in [0, 0.1) is 0 Å². The van der Waals surface area contributed by atoms with E-state index in [1.54, 1.807) is 24.8 Å². The number of aromatic nitrogens is 4. The molecule has 0 aliphatic heterocycles. The van der Waals surface area contributed by atoms with Gasteiger partial charge in [0.2, 0.25) is 5.78 Å². The normalized spacial score (nSPS) is 11.2. The van der Waals surface area contributed by atoms with E-state index in [1.807, 2.05) is 24.4 Å². The second-order valence-electron chi connectivity index (χ2n) is 7.76. The zero-order valence-corrected chi connectivity index (χ0v) is 18.3. The number of nitrogens with one attached hydrogen (secondary N) is 1. The number of ether oxygens (including phenoxy) is 1. The number of Topliss-reactive ketones (excluding diaryl/α,β-unsaturated/α-hetero) is 1. The van der Waals surface area contributed by atoms with E-state index in [0.29, 0.717) is 12.2 Å². The fourth-order valence-corrected chi connectivity index (χ4v) is 3.81. The first-order chi connectivity index (χ1) is 15.6. The van der Waals surface area contributed by atoms with E-state index in [9.17, 15) is 9.59 Å². The number of ketones is 1. The molecule has 8 nitrogen and oxygen atoms in total. The Balaban J connectivity index is 1.34. The number of methoxy groups -OCH3 is 1. The molecule has 3 aromatic heterocycles. The maximum Gasteiger partial charge on any atom is 0.263 e. The lowest BCUT2D eigenvalue weighted by atomic mass is 10.1. The highest BCUT2D eigenvalue weighted by atomic mass is 16.5. The topological polar surface area (TPSA) is 103 Å². The van der Waals surface area contributed by atoms with Gasteiger partial charge in [-0.1, -0.05) is 12.8 Å². The number of aromatic amines is 1. The molecule has 0 atom stereocenters. The van der Waals surface area contributed by atoms with Gasteiger partial charge in [0, 0.05) is 37.6 Å². The van der Waals surface area contributed by atoms with E-state index >= 15 is 0 Å². The van der Waals surface area contributed by atoms with Gasteiger partial charge in [-0.2, -0.15) is 0 Å². The minimum atomic E-state index is -0.0573. The Morgan fingerprint density at radius 2 is 2.00 bits per heavy atom. The highest BCUT2D eigenvalue weighted by Gasteiger charge is 2.13. The first kappa shape index (κ1) is 21.5. The third kappa shape index (κ3) is 4.64. The number of carbonyl (C=O) groups is 1. The summed E-state index contributed by atoms with van der Waals surface area (Å²) in [6, 6.07) is 7.28. The molecule has 0 saturated heterocycles. The summed E-state index contributed by atoms with van der Waals surface area (Å²) in [4.78, 5) is 35.6. The Morgan fingerprint density at radius 3 is 2.78 bits per heavy atom. The van der Waals surface area contributed by atoms with Crippen LogP contribution >= 0.6 is 0 Å². The van der Waals surface area contributed by atoms with Gasteiger partial charge in [0.1, 0.15) is 17.8 Å². The predicted molar refractivity (Wildman–Crippen MR) is 121 cm³/mol. The average molecular weight is 434 g/mol. The van der Waals surface area contributed by atoms with E-state index < -0.39 is 0 Å². The molecule has 0 fully saturated rings. The number of aryl methyl sites for hydroxylation is 2. The molecular weight excluding hydrogens is 408 g/mol. The summed E-state index contributed by atoms with van der Waals surface area (Å²) in [6.45, 7) is 0. The Bertz CT molecular complexity index is 1270. The number of imidazole rings is 1. The van der Waals surface area contributed by atoms with Crippen molar-refractivity contribution in [3.05, 3.63) is 65.0 Å². The van der Waals surface area contributed by atoms with Gasteiger partial charge >= 0.3 is 0 Å². The molecule has 8 heteroatoms. The van der Waals surface area contributed by atoms with Crippen LogP contribution in [-0.4, -0.2) is 32.4 Å². The maximum absolute atomic E-state index is 11.9. The summed E-state index contributed by atoms with van der Waals surface area (Å²) >= 11 is 0. The van der Waals surface area contributed by atoms with Crippen molar-refractivity contribution in [1.29, 1.82) is 0 Å². The summed E-state index contributed by atoms with van der Waals surface area (Å²) in [5.41, 5.74) is 2.55. The van der Waals surface area contributed by atoms with Gasteiger partial charge < -0.3 is 18.7 Å². The van der Waals surface area contributed by atoms with Crippen LogP contribution in [0.15, 0.2) is 52.1 Å². The molecule has 3 heterocycles. The monoisotopic (exact) mass is 434 g/mol. The summed E-state index contributed by atoms with van der Waals surface area (Å²) in [6.07, 6.45) is 9.80. The molecule has 0 unspecified atom stereocenters. The SMILES string of the molecule is COc1cc2c(ccc(=O)n2C)cc1-c1cnc(CCCCCCC(=O)c2ncco2)[nH]1. The Hall–Kier alpha value is -3.68. The van der Waals surface area contributed by atoms with E-state index in [-0.39, 0.29) is 17.2 Å². The molecule has 0 aliphatic rings. The molecule has 4 aromatic rings. The van der Waals surface area contributed by atoms with Crippen LogP contribution in [0.2, 0.25) is 0 Å². The number of fused-ring (bicyclic) bond motifs is 1. The van der Waals surface area contributed by atoms with Crippen molar-refractivity contribution in [2.45, 2.75) is 38.5 Å². The van der Waals surface area contributed by atoms with Crippen LogP contribution < -0.4 is 10.3 Å². The number of nitrogens with zero attached hydrogens (tertiary/aromatic N) is 3. The molecule has 0 saturated carbocycles. The van der Waals surface area contributed by atoms with Crippen molar-refractivity contribution in [1.82, 2.24) is 19.5 Å². The minimum Gasteiger partial charge on any atom is -0.496 e. The quantitative estimate of drug-likeness (QED) is 0.295. The fourth-order valence-electron chi connectivity index (χ4n) is 3.81. The zero-order valence-electron chi connectivity index (χ0n) is 18.3. The van der Waals surface area contributed by atoms with E-state index in [0.717, 1.165) is 60.1 Å². The summed E-state index contributed by atoms with van der Waals surface area (Å²) in [5.74, 6) is 1.75. The third-order valence-electron chi connectivity index (χ3n) is 5.60. The summed E-state index contributed by atoms with van der Waals surface area (Å²) in [7, 11) is 3.37. The van der Waals surface area contributed by atoms with Gasteiger partial charge in [-0.3, -0.25) is 9.59 Å². The first-order valence-corrected chi connectivity index (χ1v) is 10.7. The lowest BCUT2D eigenvalue weighted by Gasteiger charge is -2.11. The van der Waals surface area contributed by atoms with Gasteiger partial charge in [-0.15, -0.1) is 0 Å². The number of oxazole rings is 1. The van der Waals surface area contributed by atoms with Crippen molar-refractivity contribution >= 4 is 16.7 Å². The highest BCUT2D eigenvalue weighted by Crippen LogP contribution is 2.32. The van der Waals surface area contributed by atoms with Crippen LogP contribution in [0.5, 0.6) is 5.75 Å². The first-order valence-electron chi connectivity index (χ1n) is 10.7. The number of pyridine rings is 1. The van der Waals surface area contributed by atoms with Gasteiger partial charge in [-0.25, -0.2) is 9.97 Å². The van der Waals surface area contributed by atoms with E-state index in [4.69, 9.17) is 9.15 Å². The van der Waals surface area contributed by atoms with Gasteiger partial charge in [0.05, 0.1) is 30.7 Å². The second kappa shape index (κ2) is 9.64. The molecular formula is C24H26N4O4. The van der Waals surface area contributed by atoms with Crippen molar-refractivity contribution < 1.29 is 13.9 Å². The van der Waals surface area contributed by atoms with Gasteiger partial charge in [-0.05, 0) is 30.4 Å². The number of H-pyrrole nitrogens is 1. The molecule has 0 bridgehead atoms. The van der Waals surface area contributed by atoms with Crippen LogP contribution in [0.1, 0.15) is 48.6 Å². The van der Waals surface area contributed by atoms with E-state index in [1.165, 1.54) is 12.5 Å². The fraction of sp³-hybridized carbons (Fsp3) is 0.333. The second-order valence-corrected chi connectivity index (χ2v) is 7.76. The molecule has 0 radical (unpaired) electrons. The molecule has 166 valence electrons. The minimum absolute atomic E-state index is 0.0462. The zero-order chi connectivity index (χ0) is 22.5. The van der Waals surface area contributed by atoms with Crippen LogP contribution in [0.25, 0.3) is 22.2 Å². The molecule has 0 aliphatic carbocycles. The van der Waals surface area contributed by atoms with E-state index in [2.05, 4.69) is 15.0 Å². The summed E-state index contributed by atoms with van der Waals surface area (Å²) in [5, 5.41) is 0.957. The molecule has 1 N–H and O–H groups in total. The molecule has 1 aromatic carbocycles. The molecule has 32 heavy (non-hydrogen) atoms. The van der Waals surface area contributed by atoms with Crippen LogP contribution in [0.3, 0.4) is 0 Å². The Morgan fingerprint density at radius 1 is 1.16 bits per heavy atom. The van der Waals surface area contributed by atoms with Crippen molar-refractivity contribution in [2.24, 2.45) is 7.05 Å². The lowest BCUT2D eigenvalue weighted by Crippen LogP contribution is -2.15. The Labute approximate surface area is 185 Å². The number of hydrogen-bond acceptors (Lipinski definition) is 6. The largest absolute Gasteiger partial charge is 0.496 e. The van der Waals surface area contributed by atoms with Crippen molar-refractivity contribution in [3.63, 3.8) is 0 Å². The number of unbranched alkanes of at least 4 members (excludes halogenated alkanes) is 3. The summed E-state index contributed by atoms with van der Waals surface area (Å²) < 4.78 is 12.2. The van der Waals surface area contributed by atoms with Crippen molar-refractivity contribution in [3.8, 4) is 17.0 Å². The molecule has 4 rings (SSSR count). The number of hydrogen-bond donors (Lipinski definition) is 1.